The summed E-state index contributed by atoms with van der Waals surface area (Å²) < 4.78 is 21.5. The molecule has 3 aromatic carbocycles. The van der Waals surface area contributed by atoms with Crippen molar-refractivity contribution in [1.29, 1.82) is 0 Å². The minimum atomic E-state index is -0.658. The quantitative estimate of drug-likeness (QED) is 0.412. The van der Waals surface area contributed by atoms with Gasteiger partial charge in [0, 0.05) is 17.2 Å². The van der Waals surface area contributed by atoms with Crippen LogP contribution >= 0.6 is 0 Å². The van der Waals surface area contributed by atoms with E-state index >= 15 is 0 Å². The van der Waals surface area contributed by atoms with Gasteiger partial charge in [0.25, 0.3) is 5.91 Å². The molecule has 4 rings (SSSR count). The van der Waals surface area contributed by atoms with Gasteiger partial charge in [-0.1, -0.05) is 36.4 Å². The minimum absolute atomic E-state index is 0.0368. The van der Waals surface area contributed by atoms with E-state index < -0.39 is 18.5 Å². The maximum atomic E-state index is 12.6. The van der Waals surface area contributed by atoms with Crippen LogP contribution in [-0.4, -0.2) is 31.1 Å². The molecule has 0 spiro atoms. The zero-order chi connectivity index (χ0) is 23.2. The molecule has 0 aliphatic carbocycles. The molecular formula is C25H21NO7. The van der Waals surface area contributed by atoms with Gasteiger partial charge in [0.2, 0.25) is 6.79 Å². The van der Waals surface area contributed by atoms with Crippen molar-refractivity contribution in [1.82, 2.24) is 0 Å². The number of hydrogen-bond donors (Lipinski definition) is 1. The lowest BCUT2D eigenvalue weighted by Crippen LogP contribution is -2.22. The van der Waals surface area contributed by atoms with Crippen LogP contribution in [0.3, 0.4) is 0 Å². The molecule has 0 aromatic heterocycles. The lowest BCUT2D eigenvalue weighted by Gasteiger charge is -2.12. The molecular weight excluding hydrogens is 426 g/mol. The Morgan fingerprint density at radius 1 is 0.909 bits per heavy atom. The SMILES string of the molecule is CC(=O)c1cc2c(cc1NC(=O)COC(=O)c1ccccc1COc1ccccc1)OCO2. The molecule has 3 aromatic rings. The third kappa shape index (κ3) is 5.30. The van der Waals surface area contributed by atoms with Gasteiger partial charge in [-0.3, -0.25) is 9.59 Å². The van der Waals surface area contributed by atoms with E-state index in [9.17, 15) is 14.4 Å². The molecule has 0 saturated carbocycles. The lowest BCUT2D eigenvalue weighted by atomic mass is 10.1. The highest BCUT2D eigenvalue weighted by Gasteiger charge is 2.21. The standard InChI is InChI=1S/C25H21NO7/c1-16(27)20-11-22-23(33-15-32-22)12-21(20)26-24(28)14-31-25(29)19-10-6-5-7-17(19)13-30-18-8-3-2-4-9-18/h2-12H,13-15H2,1H3,(H,26,28). The number of para-hydroxylation sites is 1. The summed E-state index contributed by atoms with van der Waals surface area (Å²) in [4.78, 5) is 37.0. The van der Waals surface area contributed by atoms with Gasteiger partial charge < -0.3 is 24.3 Å². The van der Waals surface area contributed by atoms with Crippen LogP contribution in [0.25, 0.3) is 0 Å². The maximum absolute atomic E-state index is 12.6. The van der Waals surface area contributed by atoms with Crippen molar-refractivity contribution < 1.29 is 33.3 Å². The van der Waals surface area contributed by atoms with Gasteiger partial charge in [-0.15, -0.1) is 0 Å². The molecule has 0 bridgehead atoms. The summed E-state index contributed by atoms with van der Waals surface area (Å²) in [5, 5.41) is 2.59. The van der Waals surface area contributed by atoms with Gasteiger partial charge in [0.15, 0.2) is 23.9 Å². The molecule has 8 nitrogen and oxygen atoms in total. The molecule has 8 heteroatoms. The van der Waals surface area contributed by atoms with E-state index in [0.717, 1.165) is 0 Å². The van der Waals surface area contributed by atoms with Crippen LogP contribution in [0.2, 0.25) is 0 Å². The summed E-state index contributed by atoms with van der Waals surface area (Å²) in [7, 11) is 0. The Morgan fingerprint density at radius 2 is 1.61 bits per heavy atom. The first-order valence-corrected chi connectivity index (χ1v) is 10.2. The van der Waals surface area contributed by atoms with Crippen LogP contribution in [0.15, 0.2) is 66.7 Å². The van der Waals surface area contributed by atoms with Crippen molar-refractivity contribution in [3.63, 3.8) is 0 Å². The van der Waals surface area contributed by atoms with Crippen LogP contribution < -0.4 is 19.5 Å². The largest absolute Gasteiger partial charge is 0.489 e. The van der Waals surface area contributed by atoms with Gasteiger partial charge >= 0.3 is 5.97 Å². The first-order chi connectivity index (χ1) is 16.0. The third-order valence-electron chi connectivity index (χ3n) is 4.88. The zero-order valence-corrected chi connectivity index (χ0v) is 17.8. The Morgan fingerprint density at radius 3 is 2.36 bits per heavy atom. The number of carbonyl (C=O) groups is 3. The van der Waals surface area contributed by atoms with E-state index in [1.807, 2.05) is 30.3 Å². The Kier molecular flexibility index (Phi) is 6.54. The molecule has 168 valence electrons. The third-order valence-corrected chi connectivity index (χ3v) is 4.88. The van der Waals surface area contributed by atoms with E-state index in [2.05, 4.69) is 5.32 Å². The summed E-state index contributed by atoms with van der Waals surface area (Å²) in [6, 6.07) is 19.1. The summed E-state index contributed by atoms with van der Waals surface area (Å²) in [6.45, 7) is 1.05. The number of amides is 1. The molecule has 1 aliphatic rings. The number of fused-ring (bicyclic) bond motifs is 1. The molecule has 1 aliphatic heterocycles. The number of benzene rings is 3. The Labute approximate surface area is 190 Å². The fourth-order valence-electron chi connectivity index (χ4n) is 3.25. The number of ether oxygens (including phenoxy) is 4. The highest BCUT2D eigenvalue weighted by atomic mass is 16.7. The first-order valence-electron chi connectivity index (χ1n) is 10.2. The zero-order valence-electron chi connectivity index (χ0n) is 17.8. The van der Waals surface area contributed by atoms with E-state index in [1.165, 1.54) is 19.1 Å². The van der Waals surface area contributed by atoms with Crippen LogP contribution in [0.4, 0.5) is 5.69 Å². The van der Waals surface area contributed by atoms with E-state index in [-0.39, 0.29) is 30.4 Å². The fourth-order valence-corrected chi connectivity index (χ4v) is 3.25. The molecule has 0 fully saturated rings. The van der Waals surface area contributed by atoms with E-state index in [0.29, 0.717) is 28.4 Å². The van der Waals surface area contributed by atoms with Gasteiger partial charge in [-0.25, -0.2) is 4.79 Å². The molecule has 33 heavy (non-hydrogen) atoms. The highest BCUT2D eigenvalue weighted by molar-refractivity contribution is 6.05. The Balaban J connectivity index is 1.39. The second kappa shape index (κ2) is 9.86. The number of esters is 1. The predicted molar refractivity (Wildman–Crippen MR) is 119 cm³/mol. The van der Waals surface area contributed by atoms with Crippen LogP contribution in [0, 0.1) is 0 Å². The number of nitrogens with one attached hydrogen (secondary N) is 1. The first kappa shape index (κ1) is 21.9. The summed E-state index contributed by atoms with van der Waals surface area (Å²) in [5.74, 6) is 0.00852. The fraction of sp³-hybridized carbons (Fsp3) is 0.160. The summed E-state index contributed by atoms with van der Waals surface area (Å²) >= 11 is 0. The van der Waals surface area contributed by atoms with Crippen LogP contribution in [0.1, 0.15) is 33.2 Å². The molecule has 0 radical (unpaired) electrons. The van der Waals surface area contributed by atoms with Gasteiger partial charge in [0.05, 0.1) is 11.3 Å². The number of rotatable bonds is 8. The number of ketones is 1. The topological polar surface area (TPSA) is 100 Å². The van der Waals surface area contributed by atoms with Crippen molar-refractivity contribution in [2.45, 2.75) is 13.5 Å². The maximum Gasteiger partial charge on any atom is 0.339 e. The average molecular weight is 447 g/mol. The van der Waals surface area contributed by atoms with Gasteiger partial charge in [-0.2, -0.15) is 0 Å². The summed E-state index contributed by atoms with van der Waals surface area (Å²) in [6.07, 6.45) is 0. The van der Waals surface area contributed by atoms with Crippen molar-refractivity contribution in [2.75, 3.05) is 18.7 Å². The van der Waals surface area contributed by atoms with Crippen LogP contribution in [-0.2, 0) is 16.1 Å². The van der Waals surface area contributed by atoms with Crippen molar-refractivity contribution in [3.05, 3.63) is 83.4 Å². The minimum Gasteiger partial charge on any atom is -0.489 e. The summed E-state index contributed by atoms with van der Waals surface area (Å²) in [5.41, 5.74) is 1.45. The molecule has 0 atom stereocenters. The normalized spacial score (nSPS) is 11.5. The van der Waals surface area contributed by atoms with Gasteiger partial charge in [-0.05, 0) is 31.2 Å². The average Bonchev–Trinajstić information content (AvgIpc) is 3.29. The molecule has 1 heterocycles. The Bertz CT molecular complexity index is 1190. The van der Waals surface area contributed by atoms with Crippen LogP contribution in [0.5, 0.6) is 17.2 Å². The van der Waals surface area contributed by atoms with Crippen molar-refractivity contribution >= 4 is 23.3 Å². The Hall–Kier alpha value is -4.33. The molecule has 0 saturated heterocycles. The van der Waals surface area contributed by atoms with Crippen molar-refractivity contribution in [3.8, 4) is 17.2 Å². The lowest BCUT2D eigenvalue weighted by molar-refractivity contribution is -0.119. The second-order valence-corrected chi connectivity index (χ2v) is 7.19. The number of hydrogen-bond acceptors (Lipinski definition) is 7. The predicted octanol–water partition coefficient (Wildman–Crippen LogP) is 3.99. The highest BCUT2D eigenvalue weighted by Crippen LogP contribution is 2.37. The van der Waals surface area contributed by atoms with E-state index in [1.54, 1.807) is 24.3 Å². The number of carbonyl (C=O) groups excluding carboxylic acids is 3. The number of Topliss-reactive ketones (excluding diaryl/α,β-unsaturated/α-hetero) is 1. The second-order valence-electron chi connectivity index (χ2n) is 7.19. The number of anilines is 1. The van der Waals surface area contributed by atoms with Gasteiger partial charge in [0.1, 0.15) is 12.4 Å². The smallest absolute Gasteiger partial charge is 0.339 e. The van der Waals surface area contributed by atoms with Crippen molar-refractivity contribution in [2.24, 2.45) is 0 Å². The monoisotopic (exact) mass is 447 g/mol. The molecule has 1 N–H and O–H groups in total. The molecule has 0 unspecified atom stereocenters. The molecule has 1 amide bonds. The van der Waals surface area contributed by atoms with E-state index in [4.69, 9.17) is 18.9 Å².